The Morgan fingerprint density at radius 2 is 2.23 bits per heavy atom. The average molecular weight is 366 g/mol. The molecule has 3 unspecified atom stereocenters. The Bertz CT molecular complexity index is 969. The number of hydrogen-bond donors (Lipinski definition) is 1. The molecule has 0 saturated carbocycles. The van der Waals surface area contributed by atoms with E-state index in [-0.39, 0.29) is 28.9 Å². The van der Waals surface area contributed by atoms with Crippen LogP contribution in [0.1, 0.15) is 22.7 Å². The lowest BCUT2D eigenvalue weighted by Crippen LogP contribution is -2.31. The number of alkyl halides is 1. The average Bonchev–Trinajstić information content (AvgIpc) is 3.09. The molecule has 2 aliphatic carbocycles. The van der Waals surface area contributed by atoms with E-state index in [2.05, 4.69) is 39.6 Å². The van der Waals surface area contributed by atoms with Gasteiger partial charge in [-0.2, -0.15) is 0 Å². The molecule has 3 aliphatic rings. The maximum atomic E-state index is 12.3. The minimum absolute atomic E-state index is 0.0840. The number of nitrogens with zero attached hydrogens (tertiary/aromatic N) is 2. The molecule has 0 bridgehead atoms. The SMILES string of the molecule is Cc1cc(C(=O)NC2=CCC(Cl)C(C3=NC#CC4C=CC=CC34)=C2)on1. The van der Waals surface area contributed by atoms with Gasteiger partial charge in [0.05, 0.1) is 22.7 Å². The van der Waals surface area contributed by atoms with E-state index in [1.165, 1.54) is 0 Å². The molecule has 1 aliphatic heterocycles. The van der Waals surface area contributed by atoms with Gasteiger partial charge in [-0.15, -0.1) is 11.6 Å². The normalized spacial score (nSPS) is 26.1. The summed E-state index contributed by atoms with van der Waals surface area (Å²) < 4.78 is 5.01. The molecular formula is C20H16ClN3O2. The van der Waals surface area contributed by atoms with E-state index in [9.17, 15) is 4.79 Å². The van der Waals surface area contributed by atoms with Crippen LogP contribution in [0.4, 0.5) is 0 Å². The van der Waals surface area contributed by atoms with Gasteiger partial charge in [0, 0.05) is 23.7 Å². The van der Waals surface area contributed by atoms with Gasteiger partial charge in [-0.1, -0.05) is 41.5 Å². The van der Waals surface area contributed by atoms with Crippen molar-refractivity contribution < 1.29 is 9.32 Å². The molecule has 0 saturated heterocycles. The molecule has 2 heterocycles. The minimum Gasteiger partial charge on any atom is -0.351 e. The summed E-state index contributed by atoms with van der Waals surface area (Å²) >= 11 is 6.54. The van der Waals surface area contributed by atoms with E-state index in [4.69, 9.17) is 16.1 Å². The Hall–Kier alpha value is -2.84. The van der Waals surface area contributed by atoms with Crippen molar-refractivity contribution in [1.82, 2.24) is 10.5 Å². The molecule has 6 heteroatoms. The smallest absolute Gasteiger partial charge is 0.294 e. The van der Waals surface area contributed by atoms with Gasteiger partial charge in [0.25, 0.3) is 5.91 Å². The van der Waals surface area contributed by atoms with Crippen molar-refractivity contribution in [2.75, 3.05) is 0 Å². The van der Waals surface area contributed by atoms with Crippen molar-refractivity contribution >= 4 is 23.2 Å². The van der Waals surface area contributed by atoms with E-state index in [0.717, 1.165) is 11.3 Å². The highest BCUT2D eigenvalue weighted by molar-refractivity contribution is 6.27. The number of halogens is 1. The van der Waals surface area contributed by atoms with Gasteiger partial charge < -0.3 is 9.84 Å². The summed E-state index contributed by atoms with van der Waals surface area (Å²) in [5.74, 6) is 3.15. The fourth-order valence-electron chi connectivity index (χ4n) is 3.16. The maximum absolute atomic E-state index is 12.3. The number of carbonyl (C=O) groups is 1. The van der Waals surface area contributed by atoms with Gasteiger partial charge in [-0.3, -0.25) is 4.79 Å². The summed E-state index contributed by atoms with van der Waals surface area (Å²) in [7, 11) is 0. The summed E-state index contributed by atoms with van der Waals surface area (Å²) in [6.07, 6.45) is 12.5. The molecule has 5 nitrogen and oxygen atoms in total. The lowest BCUT2D eigenvalue weighted by atomic mass is 9.79. The molecule has 0 aromatic carbocycles. The summed E-state index contributed by atoms with van der Waals surface area (Å²) in [6.45, 7) is 1.76. The lowest BCUT2D eigenvalue weighted by molar-refractivity contribution is 0.0930. The van der Waals surface area contributed by atoms with Crippen molar-refractivity contribution in [2.45, 2.75) is 18.7 Å². The fourth-order valence-corrected chi connectivity index (χ4v) is 3.43. The molecule has 1 aromatic rings. The summed E-state index contributed by atoms with van der Waals surface area (Å²) in [5, 5.41) is 6.37. The fraction of sp³-hybridized carbons (Fsp3) is 0.250. The van der Waals surface area contributed by atoms with Gasteiger partial charge in [0.1, 0.15) is 0 Å². The minimum atomic E-state index is -0.343. The number of fused-ring (bicyclic) bond motifs is 1. The second-order valence-corrected chi connectivity index (χ2v) is 6.85. The van der Waals surface area contributed by atoms with Crippen molar-refractivity contribution in [3.63, 3.8) is 0 Å². The van der Waals surface area contributed by atoms with Gasteiger partial charge in [-0.05, 0) is 25.0 Å². The Morgan fingerprint density at radius 1 is 1.38 bits per heavy atom. The zero-order valence-corrected chi connectivity index (χ0v) is 14.8. The summed E-state index contributed by atoms with van der Waals surface area (Å²) in [4.78, 5) is 16.7. The van der Waals surface area contributed by atoms with E-state index in [1.807, 2.05) is 24.3 Å². The van der Waals surface area contributed by atoms with Crippen LogP contribution in [0.25, 0.3) is 0 Å². The Morgan fingerprint density at radius 3 is 3.04 bits per heavy atom. The van der Waals surface area contributed by atoms with E-state index in [1.54, 1.807) is 13.0 Å². The van der Waals surface area contributed by atoms with Crippen LogP contribution in [0.5, 0.6) is 0 Å². The van der Waals surface area contributed by atoms with Gasteiger partial charge >= 0.3 is 0 Å². The first kappa shape index (κ1) is 16.6. The molecule has 130 valence electrons. The van der Waals surface area contributed by atoms with Crippen LogP contribution in [0.2, 0.25) is 0 Å². The topological polar surface area (TPSA) is 67.5 Å². The highest BCUT2D eigenvalue weighted by Crippen LogP contribution is 2.32. The highest BCUT2D eigenvalue weighted by Gasteiger charge is 2.31. The van der Waals surface area contributed by atoms with E-state index >= 15 is 0 Å². The Balaban J connectivity index is 1.58. The zero-order chi connectivity index (χ0) is 18.1. The van der Waals surface area contributed by atoms with Crippen molar-refractivity contribution in [3.05, 3.63) is 65.2 Å². The third kappa shape index (κ3) is 3.16. The number of aromatic nitrogens is 1. The number of hydrogen-bond acceptors (Lipinski definition) is 4. The standard InChI is InChI=1S/C20H16ClN3O2/c1-12-10-18(26-24-12)20(25)23-14-6-7-17(21)16(11-14)19-15-5-3-2-4-13(15)8-9-22-19/h2-6,10-11,13,15,17H,7H2,1H3,(H,23,25). The van der Waals surface area contributed by atoms with Crippen LogP contribution in [-0.2, 0) is 0 Å². The monoisotopic (exact) mass is 365 g/mol. The third-order valence-corrected chi connectivity index (χ3v) is 4.87. The quantitative estimate of drug-likeness (QED) is 0.660. The molecule has 0 radical (unpaired) electrons. The first-order valence-electron chi connectivity index (χ1n) is 8.36. The number of amides is 1. The Labute approximate surface area is 156 Å². The number of nitrogens with one attached hydrogen (secondary N) is 1. The number of aliphatic imine (C=N–C) groups is 1. The molecule has 1 amide bonds. The van der Waals surface area contributed by atoms with E-state index in [0.29, 0.717) is 17.8 Å². The number of aryl methyl sites for hydroxylation is 1. The van der Waals surface area contributed by atoms with Crippen LogP contribution in [0.3, 0.4) is 0 Å². The number of allylic oxidation sites excluding steroid dienone is 7. The first-order chi connectivity index (χ1) is 12.6. The first-order valence-corrected chi connectivity index (χ1v) is 8.79. The number of carbonyl (C=O) groups excluding carboxylic acids is 1. The summed E-state index contributed by atoms with van der Waals surface area (Å²) in [5.41, 5.74) is 3.08. The van der Waals surface area contributed by atoms with Crippen LogP contribution in [-0.4, -0.2) is 22.2 Å². The third-order valence-electron chi connectivity index (χ3n) is 4.46. The highest BCUT2D eigenvalue weighted by atomic mass is 35.5. The van der Waals surface area contributed by atoms with Crippen LogP contribution in [0, 0.1) is 30.7 Å². The molecular weight excluding hydrogens is 350 g/mol. The van der Waals surface area contributed by atoms with Crippen molar-refractivity contribution in [2.24, 2.45) is 16.8 Å². The van der Waals surface area contributed by atoms with Crippen LogP contribution < -0.4 is 5.32 Å². The van der Waals surface area contributed by atoms with Gasteiger partial charge in [-0.25, -0.2) is 4.99 Å². The van der Waals surface area contributed by atoms with Crippen molar-refractivity contribution in [3.8, 4) is 12.0 Å². The largest absolute Gasteiger partial charge is 0.351 e. The van der Waals surface area contributed by atoms with E-state index < -0.39 is 0 Å². The van der Waals surface area contributed by atoms with Crippen LogP contribution in [0.15, 0.2) is 63.3 Å². The molecule has 4 rings (SSSR count). The van der Waals surface area contributed by atoms with Crippen LogP contribution >= 0.6 is 11.6 Å². The second kappa shape index (κ2) is 6.81. The van der Waals surface area contributed by atoms with Gasteiger partial charge in [0.15, 0.2) is 0 Å². The molecule has 0 spiro atoms. The zero-order valence-electron chi connectivity index (χ0n) is 14.1. The van der Waals surface area contributed by atoms with Crippen molar-refractivity contribution in [1.29, 1.82) is 0 Å². The molecule has 26 heavy (non-hydrogen) atoms. The molecule has 1 N–H and O–H groups in total. The Kier molecular flexibility index (Phi) is 4.36. The summed E-state index contributed by atoms with van der Waals surface area (Å²) in [6, 6.07) is 4.45. The molecule has 3 atom stereocenters. The second-order valence-electron chi connectivity index (χ2n) is 6.32. The lowest BCUT2D eigenvalue weighted by Gasteiger charge is -2.28. The maximum Gasteiger partial charge on any atom is 0.294 e. The predicted octanol–water partition coefficient (Wildman–Crippen LogP) is 3.31. The number of rotatable bonds is 3. The molecule has 0 fully saturated rings. The molecule has 1 aromatic heterocycles. The predicted molar refractivity (Wildman–Crippen MR) is 99.6 cm³/mol. The van der Waals surface area contributed by atoms with Gasteiger partial charge in [0.2, 0.25) is 5.76 Å².